The minimum atomic E-state index is 0.586. The average molecular weight is 321 g/mol. The predicted octanol–water partition coefficient (Wildman–Crippen LogP) is 5.37. The van der Waals surface area contributed by atoms with Gasteiger partial charge in [-0.1, -0.05) is 64.9 Å². The van der Waals surface area contributed by atoms with Crippen LogP contribution in [0.4, 0.5) is 5.00 Å². The van der Waals surface area contributed by atoms with Gasteiger partial charge in [-0.2, -0.15) is 0 Å². The maximum Gasteiger partial charge on any atom is 0.126 e. The Labute approximate surface area is 130 Å². The fraction of sp³-hybridized carbons (Fsp3) is 0. The van der Waals surface area contributed by atoms with E-state index in [0.717, 1.165) is 21.8 Å². The van der Waals surface area contributed by atoms with Crippen molar-refractivity contribution in [2.45, 2.75) is 0 Å². The van der Waals surface area contributed by atoms with Gasteiger partial charge in [-0.3, -0.25) is 0 Å². The summed E-state index contributed by atoms with van der Waals surface area (Å²) < 4.78 is 0. The van der Waals surface area contributed by atoms with Crippen molar-refractivity contribution in [2.24, 2.45) is 0 Å². The van der Waals surface area contributed by atoms with E-state index in [2.05, 4.69) is 4.98 Å². The van der Waals surface area contributed by atoms with Crippen LogP contribution < -0.4 is 5.73 Å². The van der Waals surface area contributed by atoms with E-state index in [9.17, 15) is 0 Å². The molecule has 0 saturated carbocycles. The highest BCUT2D eigenvalue weighted by Gasteiger charge is 2.12. The second-order valence-electron chi connectivity index (χ2n) is 4.26. The number of hydrogen-bond acceptors (Lipinski definition) is 3. The standard InChI is InChI=1S/C15H10Cl2N2S/c16-11-6-10(7-12(17)8-11)15-19-13(14(18)20-15)9-4-2-1-3-5-9/h1-8H,18H2. The number of nitrogen functional groups attached to an aromatic ring is 1. The number of nitrogens with two attached hydrogens (primary N) is 1. The van der Waals surface area contributed by atoms with E-state index in [0.29, 0.717) is 15.0 Å². The van der Waals surface area contributed by atoms with Crippen molar-refractivity contribution < 1.29 is 0 Å². The van der Waals surface area contributed by atoms with Crippen LogP contribution in [-0.4, -0.2) is 4.98 Å². The highest BCUT2D eigenvalue weighted by atomic mass is 35.5. The Bertz CT molecular complexity index is 734. The van der Waals surface area contributed by atoms with Gasteiger partial charge >= 0.3 is 0 Å². The van der Waals surface area contributed by atoms with Crippen LogP contribution >= 0.6 is 34.5 Å². The Morgan fingerprint density at radius 3 is 2.20 bits per heavy atom. The normalized spacial score (nSPS) is 10.7. The Hall–Kier alpha value is -1.55. The zero-order chi connectivity index (χ0) is 14.1. The minimum absolute atomic E-state index is 0.586. The number of rotatable bonds is 2. The highest BCUT2D eigenvalue weighted by molar-refractivity contribution is 7.19. The number of anilines is 1. The topological polar surface area (TPSA) is 38.9 Å². The van der Waals surface area contributed by atoms with Gasteiger partial charge in [0.15, 0.2) is 0 Å². The Morgan fingerprint density at radius 1 is 0.900 bits per heavy atom. The van der Waals surface area contributed by atoms with Crippen LogP contribution in [0.3, 0.4) is 0 Å². The number of nitrogens with zero attached hydrogens (tertiary/aromatic N) is 1. The molecule has 2 nitrogen and oxygen atoms in total. The Balaban J connectivity index is 2.09. The van der Waals surface area contributed by atoms with Gasteiger partial charge in [0.25, 0.3) is 0 Å². The summed E-state index contributed by atoms with van der Waals surface area (Å²) in [4.78, 5) is 4.61. The summed E-state index contributed by atoms with van der Waals surface area (Å²) in [5, 5.41) is 2.66. The molecule has 0 aliphatic heterocycles. The minimum Gasteiger partial charge on any atom is -0.389 e. The highest BCUT2D eigenvalue weighted by Crippen LogP contribution is 2.37. The third-order valence-electron chi connectivity index (χ3n) is 2.81. The second kappa shape index (κ2) is 5.44. The molecule has 0 aliphatic carbocycles. The molecule has 2 aromatic carbocycles. The van der Waals surface area contributed by atoms with Crippen LogP contribution in [-0.2, 0) is 0 Å². The maximum atomic E-state index is 6.08. The lowest BCUT2D eigenvalue weighted by Gasteiger charge is -1.99. The zero-order valence-electron chi connectivity index (χ0n) is 10.3. The monoisotopic (exact) mass is 320 g/mol. The molecule has 3 rings (SSSR count). The molecule has 0 spiro atoms. The molecule has 0 atom stereocenters. The van der Waals surface area contributed by atoms with E-state index in [-0.39, 0.29) is 0 Å². The fourth-order valence-corrected chi connectivity index (χ4v) is 3.30. The number of hydrogen-bond donors (Lipinski definition) is 1. The molecule has 100 valence electrons. The molecule has 1 heterocycles. The van der Waals surface area contributed by atoms with Crippen molar-refractivity contribution in [3.05, 3.63) is 58.6 Å². The van der Waals surface area contributed by atoms with Crippen LogP contribution in [0, 0.1) is 0 Å². The first-order valence-corrected chi connectivity index (χ1v) is 7.49. The van der Waals surface area contributed by atoms with Gasteiger partial charge in [-0.05, 0) is 18.2 Å². The molecular weight excluding hydrogens is 311 g/mol. The molecule has 20 heavy (non-hydrogen) atoms. The zero-order valence-corrected chi connectivity index (χ0v) is 12.6. The summed E-state index contributed by atoms with van der Waals surface area (Å²) in [5.41, 5.74) is 8.75. The van der Waals surface area contributed by atoms with Crippen LogP contribution in [0.15, 0.2) is 48.5 Å². The summed E-state index contributed by atoms with van der Waals surface area (Å²) in [5.74, 6) is 0. The molecule has 0 aliphatic rings. The summed E-state index contributed by atoms with van der Waals surface area (Å²) in [6.07, 6.45) is 0. The van der Waals surface area contributed by atoms with Crippen LogP contribution in [0.25, 0.3) is 21.8 Å². The summed E-state index contributed by atoms with van der Waals surface area (Å²) in [6.45, 7) is 0. The molecule has 1 aromatic heterocycles. The number of halogens is 2. The SMILES string of the molecule is Nc1sc(-c2cc(Cl)cc(Cl)c2)nc1-c1ccccc1. The first-order chi connectivity index (χ1) is 9.63. The second-order valence-corrected chi connectivity index (χ2v) is 6.16. The van der Waals surface area contributed by atoms with Gasteiger partial charge in [0, 0.05) is 21.2 Å². The average Bonchev–Trinajstić information content (AvgIpc) is 2.81. The lowest BCUT2D eigenvalue weighted by molar-refractivity contribution is 1.40. The Kier molecular flexibility index (Phi) is 3.66. The quantitative estimate of drug-likeness (QED) is 0.689. The van der Waals surface area contributed by atoms with E-state index in [1.165, 1.54) is 11.3 Å². The van der Waals surface area contributed by atoms with Gasteiger partial charge in [0.05, 0.1) is 0 Å². The number of thiazole rings is 1. The van der Waals surface area contributed by atoms with Crippen molar-refractivity contribution in [3.63, 3.8) is 0 Å². The van der Waals surface area contributed by atoms with Crippen molar-refractivity contribution in [3.8, 4) is 21.8 Å². The summed E-state index contributed by atoms with van der Waals surface area (Å²) in [7, 11) is 0. The molecule has 0 unspecified atom stereocenters. The third-order valence-corrected chi connectivity index (χ3v) is 4.18. The smallest absolute Gasteiger partial charge is 0.126 e. The van der Waals surface area contributed by atoms with Crippen molar-refractivity contribution >= 4 is 39.5 Å². The maximum absolute atomic E-state index is 6.08. The van der Waals surface area contributed by atoms with E-state index >= 15 is 0 Å². The Morgan fingerprint density at radius 2 is 1.55 bits per heavy atom. The predicted molar refractivity (Wildman–Crippen MR) is 87.4 cm³/mol. The first-order valence-electron chi connectivity index (χ1n) is 5.91. The lowest BCUT2D eigenvalue weighted by Crippen LogP contribution is -1.85. The third kappa shape index (κ3) is 2.66. The van der Waals surface area contributed by atoms with Crippen LogP contribution in [0.1, 0.15) is 0 Å². The van der Waals surface area contributed by atoms with Crippen molar-refractivity contribution in [2.75, 3.05) is 5.73 Å². The largest absolute Gasteiger partial charge is 0.389 e. The number of benzene rings is 2. The van der Waals surface area contributed by atoms with E-state index in [1.54, 1.807) is 6.07 Å². The summed E-state index contributed by atoms with van der Waals surface area (Å²) in [6, 6.07) is 15.2. The number of aromatic nitrogens is 1. The molecular formula is C15H10Cl2N2S. The molecule has 0 bridgehead atoms. The molecule has 0 fully saturated rings. The van der Waals surface area contributed by atoms with Crippen LogP contribution in [0.2, 0.25) is 10.0 Å². The first kappa shape index (κ1) is 13.4. The van der Waals surface area contributed by atoms with Gasteiger partial charge < -0.3 is 5.73 Å². The molecule has 0 saturated heterocycles. The van der Waals surface area contributed by atoms with E-state index < -0.39 is 0 Å². The van der Waals surface area contributed by atoms with Gasteiger partial charge in [-0.25, -0.2) is 4.98 Å². The van der Waals surface area contributed by atoms with Crippen molar-refractivity contribution in [1.29, 1.82) is 0 Å². The van der Waals surface area contributed by atoms with E-state index in [4.69, 9.17) is 28.9 Å². The van der Waals surface area contributed by atoms with Gasteiger partial charge in [0.2, 0.25) is 0 Å². The fourth-order valence-electron chi connectivity index (χ4n) is 1.94. The van der Waals surface area contributed by atoms with Crippen molar-refractivity contribution in [1.82, 2.24) is 4.98 Å². The summed E-state index contributed by atoms with van der Waals surface area (Å²) >= 11 is 13.5. The molecule has 5 heteroatoms. The van der Waals surface area contributed by atoms with E-state index in [1.807, 2.05) is 42.5 Å². The lowest BCUT2D eigenvalue weighted by atomic mass is 10.1. The molecule has 0 amide bonds. The van der Waals surface area contributed by atoms with Crippen LogP contribution in [0.5, 0.6) is 0 Å². The van der Waals surface area contributed by atoms with Gasteiger partial charge in [-0.15, -0.1) is 0 Å². The molecule has 3 aromatic rings. The molecule has 0 radical (unpaired) electrons. The van der Waals surface area contributed by atoms with Gasteiger partial charge in [0.1, 0.15) is 15.7 Å². The molecule has 2 N–H and O–H groups in total.